The monoisotopic (exact) mass is 396 g/mol. The molecule has 0 aliphatic rings. The summed E-state index contributed by atoms with van der Waals surface area (Å²) < 4.78 is 11.6. The van der Waals surface area contributed by atoms with Crippen molar-refractivity contribution in [3.63, 3.8) is 0 Å². The van der Waals surface area contributed by atoms with Gasteiger partial charge >= 0.3 is 5.97 Å². The third-order valence-corrected chi connectivity index (χ3v) is 4.01. The molecule has 7 heteroatoms. The van der Waals surface area contributed by atoms with Crippen molar-refractivity contribution in [2.75, 3.05) is 19.0 Å². The van der Waals surface area contributed by atoms with Crippen LogP contribution in [0.15, 0.2) is 40.0 Å². The van der Waals surface area contributed by atoms with Gasteiger partial charge in [0.05, 0.1) is 5.75 Å². The third-order valence-electron chi connectivity index (χ3n) is 2.69. The minimum Gasteiger partial charge on any atom is -0.490 e. The Balaban J connectivity index is 1.67. The Morgan fingerprint density at radius 1 is 1.17 bits per heavy atom. The van der Waals surface area contributed by atoms with E-state index >= 15 is 0 Å². The second kappa shape index (κ2) is 8.88. The molecule has 0 aliphatic carbocycles. The van der Waals surface area contributed by atoms with Crippen molar-refractivity contribution in [3.05, 3.63) is 46.2 Å². The molecule has 0 saturated carbocycles. The lowest BCUT2D eigenvalue weighted by Gasteiger charge is -2.07. The predicted molar refractivity (Wildman–Crippen MR) is 92.8 cm³/mol. The highest BCUT2D eigenvalue weighted by atomic mass is 79.9. The van der Waals surface area contributed by atoms with Crippen molar-refractivity contribution in [1.82, 2.24) is 9.97 Å². The van der Waals surface area contributed by atoms with Crippen molar-refractivity contribution < 1.29 is 14.3 Å². The molecule has 5 nitrogen and oxygen atoms in total. The van der Waals surface area contributed by atoms with E-state index in [4.69, 9.17) is 9.47 Å². The van der Waals surface area contributed by atoms with Crippen LogP contribution in [0.5, 0.6) is 5.75 Å². The lowest BCUT2D eigenvalue weighted by atomic mass is 10.3. The fourth-order valence-electron chi connectivity index (χ4n) is 1.80. The normalized spacial score (nSPS) is 10.4. The summed E-state index contributed by atoms with van der Waals surface area (Å²) in [6.07, 6.45) is 0. The Labute approximate surface area is 147 Å². The highest BCUT2D eigenvalue weighted by Gasteiger charge is 2.07. The number of nitrogens with zero attached hydrogens (tertiary/aromatic N) is 2. The molecule has 2 rings (SSSR count). The number of aryl methyl sites for hydroxylation is 2. The van der Waals surface area contributed by atoms with Crippen molar-refractivity contribution in [2.24, 2.45) is 0 Å². The minimum absolute atomic E-state index is 0.180. The molecule has 0 bridgehead atoms. The summed E-state index contributed by atoms with van der Waals surface area (Å²) in [5.74, 6) is 0.601. The maximum Gasteiger partial charge on any atom is 0.316 e. The summed E-state index contributed by atoms with van der Waals surface area (Å²) in [6, 6.07) is 9.39. The van der Waals surface area contributed by atoms with Crippen LogP contribution in [0, 0.1) is 13.8 Å². The van der Waals surface area contributed by atoms with E-state index in [-0.39, 0.29) is 18.3 Å². The van der Waals surface area contributed by atoms with Gasteiger partial charge in [0.1, 0.15) is 19.0 Å². The number of carbonyl (C=O) groups excluding carboxylic acids is 1. The molecule has 0 N–H and O–H groups in total. The molecule has 1 heterocycles. The quantitative estimate of drug-likeness (QED) is 0.308. The van der Waals surface area contributed by atoms with E-state index in [1.54, 1.807) is 0 Å². The van der Waals surface area contributed by atoms with E-state index in [1.807, 2.05) is 44.2 Å². The van der Waals surface area contributed by atoms with E-state index in [2.05, 4.69) is 25.9 Å². The van der Waals surface area contributed by atoms with Gasteiger partial charge in [0.2, 0.25) is 0 Å². The van der Waals surface area contributed by atoms with Crippen molar-refractivity contribution >= 4 is 33.7 Å². The summed E-state index contributed by atoms with van der Waals surface area (Å²) >= 11 is 4.64. The molecular formula is C16H17BrN2O3S. The first kappa shape index (κ1) is 17.7. The Morgan fingerprint density at radius 3 is 2.61 bits per heavy atom. The Hall–Kier alpha value is -1.60. The van der Waals surface area contributed by atoms with Crippen LogP contribution in [0.25, 0.3) is 0 Å². The smallest absolute Gasteiger partial charge is 0.316 e. The molecule has 0 saturated heterocycles. The number of ether oxygens (including phenoxy) is 2. The van der Waals surface area contributed by atoms with E-state index in [1.165, 1.54) is 11.8 Å². The number of halogens is 1. The number of rotatable bonds is 7. The van der Waals surface area contributed by atoms with Gasteiger partial charge in [-0.2, -0.15) is 0 Å². The van der Waals surface area contributed by atoms with Crippen molar-refractivity contribution in [2.45, 2.75) is 19.0 Å². The zero-order valence-electron chi connectivity index (χ0n) is 12.9. The number of carbonyl (C=O) groups is 1. The molecule has 1 aromatic heterocycles. The van der Waals surface area contributed by atoms with Crippen LogP contribution in [-0.2, 0) is 9.53 Å². The number of hydrogen-bond acceptors (Lipinski definition) is 6. The lowest BCUT2D eigenvalue weighted by Crippen LogP contribution is -2.14. The van der Waals surface area contributed by atoms with Crippen LogP contribution >= 0.6 is 27.7 Å². The molecular weight excluding hydrogens is 380 g/mol. The molecule has 0 fully saturated rings. The predicted octanol–water partition coefficient (Wildman–Crippen LogP) is 3.57. The molecule has 1 aromatic carbocycles. The van der Waals surface area contributed by atoms with E-state index in [0.29, 0.717) is 11.8 Å². The molecule has 0 amide bonds. The van der Waals surface area contributed by atoms with Crippen LogP contribution in [0.3, 0.4) is 0 Å². The first-order valence-corrected chi connectivity index (χ1v) is 8.80. The number of thioether (sulfide) groups is 1. The van der Waals surface area contributed by atoms with Crippen LogP contribution in [0.2, 0.25) is 0 Å². The first-order valence-electron chi connectivity index (χ1n) is 7.02. The molecule has 23 heavy (non-hydrogen) atoms. The second-order valence-corrected chi connectivity index (χ2v) is 6.61. The topological polar surface area (TPSA) is 61.3 Å². The van der Waals surface area contributed by atoms with Gasteiger partial charge < -0.3 is 9.47 Å². The van der Waals surface area contributed by atoms with Crippen molar-refractivity contribution in [1.29, 1.82) is 0 Å². The average molecular weight is 397 g/mol. The fraction of sp³-hybridized carbons (Fsp3) is 0.312. The van der Waals surface area contributed by atoms with E-state index in [9.17, 15) is 4.79 Å². The summed E-state index contributed by atoms with van der Waals surface area (Å²) in [7, 11) is 0. The number of hydrogen-bond donors (Lipinski definition) is 0. The van der Waals surface area contributed by atoms with Gasteiger partial charge in [-0.25, -0.2) is 9.97 Å². The Bertz CT molecular complexity index is 662. The van der Waals surface area contributed by atoms with Gasteiger partial charge in [-0.05, 0) is 38.1 Å². The minimum atomic E-state index is -0.310. The number of esters is 1. The zero-order chi connectivity index (χ0) is 16.7. The Kier molecular flexibility index (Phi) is 6.85. The number of benzene rings is 1. The summed E-state index contributed by atoms with van der Waals surface area (Å²) in [6.45, 7) is 4.32. The average Bonchev–Trinajstić information content (AvgIpc) is 2.49. The SMILES string of the molecule is Cc1cc(C)nc(SCC(=O)OCCOc2cccc(Br)c2)n1. The van der Waals surface area contributed by atoms with Crippen LogP contribution < -0.4 is 4.74 Å². The molecule has 122 valence electrons. The molecule has 2 aromatic rings. The Morgan fingerprint density at radius 2 is 1.91 bits per heavy atom. The maximum absolute atomic E-state index is 11.7. The van der Waals surface area contributed by atoms with Gasteiger partial charge in [0, 0.05) is 15.9 Å². The molecule has 0 unspecified atom stereocenters. The van der Waals surface area contributed by atoms with Gasteiger partial charge in [-0.1, -0.05) is 33.8 Å². The summed E-state index contributed by atoms with van der Waals surface area (Å²) in [4.78, 5) is 20.2. The zero-order valence-corrected chi connectivity index (χ0v) is 15.3. The van der Waals surface area contributed by atoms with Crippen molar-refractivity contribution in [3.8, 4) is 5.75 Å². The van der Waals surface area contributed by atoms with E-state index < -0.39 is 0 Å². The molecule has 0 spiro atoms. The highest BCUT2D eigenvalue weighted by molar-refractivity contribution is 9.10. The highest BCUT2D eigenvalue weighted by Crippen LogP contribution is 2.17. The van der Waals surface area contributed by atoms with E-state index in [0.717, 1.165) is 21.6 Å². The van der Waals surface area contributed by atoms with Crippen LogP contribution in [0.1, 0.15) is 11.4 Å². The standard InChI is InChI=1S/C16H17BrN2O3S/c1-11-8-12(2)19-16(18-11)23-10-15(20)22-7-6-21-14-5-3-4-13(17)9-14/h3-5,8-9H,6-7,10H2,1-2H3. The number of aromatic nitrogens is 2. The van der Waals surface area contributed by atoms with Gasteiger partial charge in [-0.15, -0.1) is 0 Å². The molecule has 0 aliphatic heterocycles. The molecule has 0 radical (unpaired) electrons. The summed E-state index contributed by atoms with van der Waals surface area (Å²) in [5.41, 5.74) is 1.77. The summed E-state index contributed by atoms with van der Waals surface area (Å²) in [5, 5.41) is 0.588. The third kappa shape index (κ3) is 6.58. The maximum atomic E-state index is 11.7. The fourth-order valence-corrected chi connectivity index (χ4v) is 2.92. The van der Waals surface area contributed by atoms with Crippen LogP contribution in [0.4, 0.5) is 0 Å². The lowest BCUT2D eigenvalue weighted by molar-refractivity contribution is -0.141. The van der Waals surface area contributed by atoms with Crippen LogP contribution in [-0.4, -0.2) is 34.9 Å². The van der Waals surface area contributed by atoms with Gasteiger partial charge in [0.15, 0.2) is 5.16 Å². The van der Waals surface area contributed by atoms with Gasteiger partial charge in [0.25, 0.3) is 0 Å². The first-order chi connectivity index (χ1) is 11.0. The largest absolute Gasteiger partial charge is 0.490 e. The molecule has 0 atom stereocenters. The van der Waals surface area contributed by atoms with Gasteiger partial charge in [-0.3, -0.25) is 4.79 Å². The second-order valence-electron chi connectivity index (χ2n) is 4.75.